The summed E-state index contributed by atoms with van der Waals surface area (Å²) in [6.07, 6.45) is 1.56. The zero-order chi connectivity index (χ0) is 9.84. The second-order valence-corrected chi connectivity index (χ2v) is 2.86. The summed E-state index contributed by atoms with van der Waals surface area (Å²) in [6, 6.07) is 1.87. The predicted octanol–water partition coefficient (Wildman–Crippen LogP) is 1.88. The molecule has 1 aromatic heterocycles. The molecule has 0 saturated heterocycles. The second-order valence-electron chi connectivity index (χ2n) is 2.86. The molecule has 0 aliphatic heterocycles. The van der Waals surface area contributed by atoms with Crippen LogP contribution in [0.5, 0.6) is 0 Å². The molecule has 1 aromatic rings. The van der Waals surface area contributed by atoms with E-state index in [-0.39, 0.29) is 5.97 Å². The van der Waals surface area contributed by atoms with Crippen LogP contribution in [0.2, 0.25) is 0 Å². The van der Waals surface area contributed by atoms with Crippen molar-refractivity contribution in [1.82, 2.24) is 4.98 Å². The van der Waals surface area contributed by atoms with Gasteiger partial charge < -0.3 is 4.74 Å². The summed E-state index contributed by atoms with van der Waals surface area (Å²) in [4.78, 5) is 15.4. The minimum Gasteiger partial charge on any atom is -0.462 e. The highest BCUT2D eigenvalue weighted by atomic mass is 16.5. The second kappa shape index (κ2) is 4.03. The SMILES string of the molecule is CCOC(=O)c1cnc(C)cc1C. The first-order chi connectivity index (χ1) is 6.15. The molecule has 0 saturated carbocycles. The first-order valence-electron chi connectivity index (χ1n) is 4.25. The van der Waals surface area contributed by atoms with Gasteiger partial charge in [-0.1, -0.05) is 0 Å². The first kappa shape index (κ1) is 9.71. The van der Waals surface area contributed by atoms with Gasteiger partial charge in [-0.05, 0) is 32.4 Å². The van der Waals surface area contributed by atoms with Crippen molar-refractivity contribution in [2.75, 3.05) is 6.61 Å². The molecule has 0 N–H and O–H groups in total. The molecule has 0 amide bonds. The lowest BCUT2D eigenvalue weighted by Gasteiger charge is -2.04. The molecular formula is C10H13NO2. The molecule has 0 fully saturated rings. The Morgan fingerprint density at radius 2 is 2.23 bits per heavy atom. The standard InChI is InChI=1S/C10H13NO2/c1-4-13-10(12)9-6-11-8(3)5-7(9)2/h5-6H,4H2,1-3H3. The lowest BCUT2D eigenvalue weighted by Crippen LogP contribution is -2.07. The zero-order valence-electron chi connectivity index (χ0n) is 8.13. The summed E-state index contributed by atoms with van der Waals surface area (Å²) < 4.78 is 4.87. The topological polar surface area (TPSA) is 39.2 Å². The fraction of sp³-hybridized carbons (Fsp3) is 0.400. The van der Waals surface area contributed by atoms with Crippen molar-refractivity contribution in [3.63, 3.8) is 0 Å². The van der Waals surface area contributed by atoms with Gasteiger partial charge in [0.15, 0.2) is 0 Å². The van der Waals surface area contributed by atoms with Crippen LogP contribution >= 0.6 is 0 Å². The molecule has 0 atom stereocenters. The van der Waals surface area contributed by atoms with Crippen LogP contribution in [0.15, 0.2) is 12.3 Å². The van der Waals surface area contributed by atoms with E-state index in [1.54, 1.807) is 13.1 Å². The average molecular weight is 179 g/mol. The number of carbonyl (C=O) groups excluding carboxylic acids is 1. The van der Waals surface area contributed by atoms with E-state index < -0.39 is 0 Å². The molecule has 70 valence electrons. The van der Waals surface area contributed by atoms with E-state index >= 15 is 0 Å². The molecule has 0 aromatic carbocycles. The Balaban J connectivity index is 2.95. The number of rotatable bonds is 2. The van der Waals surface area contributed by atoms with Gasteiger partial charge in [0.1, 0.15) is 0 Å². The van der Waals surface area contributed by atoms with Gasteiger partial charge in [-0.25, -0.2) is 4.79 Å². The lowest BCUT2D eigenvalue weighted by molar-refractivity contribution is 0.0525. The Hall–Kier alpha value is -1.38. The Labute approximate surface area is 77.8 Å². The number of hydrogen-bond donors (Lipinski definition) is 0. The molecule has 3 nitrogen and oxygen atoms in total. The Kier molecular flexibility index (Phi) is 3.01. The van der Waals surface area contributed by atoms with E-state index in [1.165, 1.54) is 0 Å². The highest BCUT2D eigenvalue weighted by molar-refractivity contribution is 5.90. The molecule has 0 bridgehead atoms. The van der Waals surface area contributed by atoms with Gasteiger partial charge in [0, 0.05) is 11.9 Å². The summed E-state index contributed by atoms with van der Waals surface area (Å²) in [7, 11) is 0. The van der Waals surface area contributed by atoms with Crippen molar-refractivity contribution < 1.29 is 9.53 Å². The third-order valence-corrected chi connectivity index (χ3v) is 1.74. The largest absolute Gasteiger partial charge is 0.462 e. The molecule has 1 rings (SSSR count). The third kappa shape index (κ3) is 2.28. The third-order valence-electron chi connectivity index (χ3n) is 1.74. The highest BCUT2D eigenvalue weighted by Crippen LogP contribution is 2.08. The highest BCUT2D eigenvalue weighted by Gasteiger charge is 2.09. The van der Waals surface area contributed by atoms with Crippen LogP contribution in [-0.2, 0) is 4.74 Å². The maximum Gasteiger partial charge on any atom is 0.339 e. The van der Waals surface area contributed by atoms with E-state index in [1.807, 2.05) is 19.9 Å². The summed E-state index contributed by atoms with van der Waals surface area (Å²) in [6.45, 7) is 5.95. The number of aryl methyl sites for hydroxylation is 2. The maximum atomic E-state index is 11.3. The number of pyridine rings is 1. The van der Waals surface area contributed by atoms with E-state index in [2.05, 4.69) is 4.98 Å². The van der Waals surface area contributed by atoms with E-state index in [0.29, 0.717) is 12.2 Å². The van der Waals surface area contributed by atoms with Crippen LogP contribution in [0.4, 0.5) is 0 Å². The molecular weight excluding hydrogens is 166 g/mol. The summed E-state index contributed by atoms with van der Waals surface area (Å²) >= 11 is 0. The number of nitrogens with zero attached hydrogens (tertiary/aromatic N) is 1. The van der Waals surface area contributed by atoms with Gasteiger partial charge in [0.2, 0.25) is 0 Å². The number of aromatic nitrogens is 1. The maximum absolute atomic E-state index is 11.3. The smallest absolute Gasteiger partial charge is 0.339 e. The minimum absolute atomic E-state index is 0.299. The van der Waals surface area contributed by atoms with Crippen LogP contribution in [0.1, 0.15) is 28.5 Å². The quantitative estimate of drug-likeness (QED) is 0.650. The number of carbonyl (C=O) groups is 1. The fourth-order valence-electron chi connectivity index (χ4n) is 1.12. The van der Waals surface area contributed by atoms with Crippen LogP contribution in [0.3, 0.4) is 0 Å². The Morgan fingerprint density at radius 3 is 2.77 bits per heavy atom. The molecule has 0 unspecified atom stereocenters. The number of ether oxygens (including phenoxy) is 1. The molecule has 0 spiro atoms. The van der Waals surface area contributed by atoms with Gasteiger partial charge >= 0.3 is 5.97 Å². The fourth-order valence-corrected chi connectivity index (χ4v) is 1.12. The Bertz CT molecular complexity index is 321. The molecule has 0 aliphatic carbocycles. The van der Waals surface area contributed by atoms with Crippen molar-refractivity contribution in [2.24, 2.45) is 0 Å². The lowest BCUT2D eigenvalue weighted by atomic mass is 10.1. The summed E-state index contributed by atoms with van der Waals surface area (Å²) in [5, 5.41) is 0. The molecule has 13 heavy (non-hydrogen) atoms. The van der Waals surface area contributed by atoms with E-state index in [9.17, 15) is 4.79 Å². The van der Waals surface area contributed by atoms with Crippen molar-refractivity contribution in [3.05, 3.63) is 29.1 Å². The normalized spacial score (nSPS) is 9.77. The minimum atomic E-state index is -0.299. The van der Waals surface area contributed by atoms with Crippen LogP contribution in [-0.4, -0.2) is 17.6 Å². The first-order valence-corrected chi connectivity index (χ1v) is 4.25. The average Bonchev–Trinajstić information content (AvgIpc) is 2.04. The van der Waals surface area contributed by atoms with Crippen molar-refractivity contribution in [2.45, 2.75) is 20.8 Å². The van der Waals surface area contributed by atoms with Crippen LogP contribution < -0.4 is 0 Å². The molecule has 1 heterocycles. The molecule has 3 heteroatoms. The van der Waals surface area contributed by atoms with Gasteiger partial charge in [-0.3, -0.25) is 4.98 Å². The van der Waals surface area contributed by atoms with Gasteiger partial charge in [-0.2, -0.15) is 0 Å². The zero-order valence-corrected chi connectivity index (χ0v) is 8.13. The monoisotopic (exact) mass is 179 g/mol. The van der Waals surface area contributed by atoms with Gasteiger partial charge in [-0.15, -0.1) is 0 Å². The van der Waals surface area contributed by atoms with E-state index in [4.69, 9.17) is 4.74 Å². The molecule has 0 radical (unpaired) electrons. The number of esters is 1. The van der Waals surface area contributed by atoms with Crippen molar-refractivity contribution in [1.29, 1.82) is 0 Å². The van der Waals surface area contributed by atoms with Gasteiger partial charge in [0.05, 0.1) is 12.2 Å². The van der Waals surface area contributed by atoms with E-state index in [0.717, 1.165) is 11.3 Å². The molecule has 0 aliphatic rings. The van der Waals surface area contributed by atoms with Crippen molar-refractivity contribution >= 4 is 5.97 Å². The summed E-state index contributed by atoms with van der Waals surface area (Å²) in [5.74, 6) is -0.299. The van der Waals surface area contributed by atoms with Crippen molar-refractivity contribution in [3.8, 4) is 0 Å². The van der Waals surface area contributed by atoms with Crippen LogP contribution in [0.25, 0.3) is 0 Å². The van der Waals surface area contributed by atoms with Crippen LogP contribution in [0, 0.1) is 13.8 Å². The predicted molar refractivity (Wildman–Crippen MR) is 49.7 cm³/mol. The Morgan fingerprint density at radius 1 is 1.54 bits per heavy atom. The van der Waals surface area contributed by atoms with Gasteiger partial charge in [0.25, 0.3) is 0 Å². The number of hydrogen-bond acceptors (Lipinski definition) is 3. The summed E-state index contributed by atoms with van der Waals surface area (Å²) in [5.41, 5.74) is 2.36.